The minimum absolute atomic E-state index is 0.0497. The van der Waals surface area contributed by atoms with E-state index >= 15 is 0 Å². The van der Waals surface area contributed by atoms with Crippen molar-refractivity contribution in [2.24, 2.45) is 5.73 Å². The maximum absolute atomic E-state index is 6.31. The minimum atomic E-state index is 0.0497. The van der Waals surface area contributed by atoms with Crippen LogP contribution < -0.4 is 10.5 Å². The summed E-state index contributed by atoms with van der Waals surface area (Å²) in [5.41, 5.74) is 7.48. The molecule has 0 spiro atoms. The van der Waals surface area contributed by atoms with Crippen LogP contribution in [0.15, 0.2) is 24.3 Å². The number of hydrogen-bond donors (Lipinski definition) is 1. The fourth-order valence-corrected chi connectivity index (χ4v) is 2.54. The molecular formula is C17H30N2O. The van der Waals surface area contributed by atoms with Gasteiger partial charge in [0.15, 0.2) is 0 Å². The highest BCUT2D eigenvalue weighted by molar-refractivity contribution is 5.29. The summed E-state index contributed by atoms with van der Waals surface area (Å²) in [6.45, 7) is 9.41. The van der Waals surface area contributed by atoms with Gasteiger partial charge in [-0.2, -0.15) is 0 Å². The molecular weight excluding hydrogens is 248 g/mol. The second kappa shape index (κ2) is 8.28. The molecule has 0 amide bonds. The van der Waals surface area contributed by atoms with Gasteiger partial charge in [-0.3, -0.25) is 0 Å². The molecule has 0 bridgehead atoms. The lowest BCUT2D eigenvalue weighted by Gasteiger charge is -2.28. The number of likely N-dealkylation sites (N-methyl/N-ethyl adjacent to an activating group) is 1. The zero-order valence-electron chi connectivity index (χ0n) is 13.6. The van der Waals surface area contributed by atoms with Gasteiger partial charge in [-0.1, -0.05) is 26.0 Å². The Morgan fingerprint density at radius 2 is 1.65 bits per heavy atom. The zero-order chi connectivity index (χ0) is 15.1. The molecule has 0 fully saturated rings. The van der Waals surface area contributed by atoms with Crippen molar-refractivity contribution in [3.05, 3.63) is 29.8 Å². The lowest BCUT2D eigenvalue weighted by molar-refractivity contribution is 0.217. The van der Waals surface area contributed by atoms with Crippen LogP contribution in [-0.4, -0.2) is 30.6 Å². The Kier molecular flexibility index (Phi) is 7.03. The van der Waals surface area contributed by atoms with Crippen LogP contribution in [0.25, 0.3) is 0 Å². The molecule has 0 radical (unpaired) electrons. The van der Waals surface area contributed by atoms with E-state index in [1.807, 2.05) is 26.0 Å². The monoisotopic (exact) mass is 278 g/mol. The van der Waals surface area contributed by atoms with E-state index in [1.54, 1.807) is 0 Å². The third-order valence-corrected chi connectivity index (χ3v) is 3.73. The van der Waals surface area contributed by atoms with Crippen LogP contribution in [0.5, 0.6) is 5.75 Å². The molecule has 1 unspecified atom stereocenters. The van der Waals surface area contributed by atoms with Crippen molar-refractivity contribution in [3.8, 4) is 5.75 Å². The Morgan fingerprint density at radius 3 is 2.10 bits per heavy atom. The summed E-state index contributed by atoms with van der Waals surface area (Å²) in [5.74, 6) is 0.907. The van der Waals surface area contributed by atoms with Crippen LogP contribution in [0.3, 0.4) is 0 Å². The van der Waals surface area contributed by atoms with E-state index in [2.05, 4.69) is 37.9 Å². The van der Waals surface area contributed by atoms with Crippen LogP contribution in [0.1, 0.15) is 52.1 Å². The Hall–Kier alpha value is -1.06. The Morgan fingerprint density at radius 1 is 1.10 bits per heavy atom. The molecule has 0 aliphatic rings. The topological polar surface area (TPSA) is 38.5 Å². The second-order valence-corrected chi connectivity index (χ2v) is 5.75. The first-order chi connectivity index (χ1) is 9.47. The third-order valence-electron chi connectivity index (χ3n) is 3.73. The summed E-state index contributed by atoms with van der Waals surface area (Å²) in [4.78, 5) is 2.36. The fraction of sp³-hybridized carbons (Fsp3) is 0.647. The molecule has 0 aromatic heterocycles. The van der Waals surface area contributed by atoms with Gasteiger partial charge in [0.1, 0.15) is 5.75 Å². The van der Waals surface area contributed by atoms with E-state index in [-0.39, 0.29) is 12.1 Å². The SMILES string of the molecule is CCC(CC)N(C)CC(N)c1ccc(OC(C)C)cc1. The number of ether oxygens (including phenoxy) is 1. The molecule has 0 aliphatic heterocycles. The maximum Gasteiger partial charge on any atom is 0.119 e. The summed E-state index contributed by atoms with van der Waals surface area (Å²) in [7, 11) is 2.16. The molecule has 0 aliphatic carbocycles. The van der Waals surface area contributed by atoms with Gasteiger partial charge in [0.2, 0.25) is 0 Å². The van der Waals surface area contributed by atoms with Gasteiger partial charge in [-0.25, -0.2) is 0 Å². The summed E-state index contributed by atoms with van der Waals surface area (Å²) < 4.78 is 5.65. The standard InChI is InChI=1S/C17H30N2O/c1-6-15(7-2)19(5)12-17(18)14-8-10-16(11-9-14)20-13(3)4/h8-11,13,15,17H,6-7,12,18H2,1-5H3. The summed E-state index contributed by atoms with van der Waals surface area (Å²) in [5, 5.41) is 0. The molecule has 0 saturated carbocycles. The van der Waals surface area contributed by atoms with Crippen LogP contribution >= 0.6 is 0 Å². The van der Waals surface area contributed by atoms with Crippen LogP contribution in [0, 0.1) is 0 Å². The molecule has 3 nitrogen and oxygen atoms in total. The Balaban J connectivity index is 2.61. The Bertz CT molecular complexity index is 371. The van der Waals surface area contributed by atoms with Crippen molar-refractivity contribution >= 4 is 0 Å². The minimum Gasteiger partial charge on any atom is -0.491 e. The van der Waals surface area contributed by atoms with E-state index in [9.17, 15) is 0 Å². The largest absolute Gasteiger partial charge is 0.491 e. The highest BCUT2D eigenvalue weighted by Gasteiger charge is 2.15. The first kappa shape index (κ1) is 17.0. The van der Waals surface area contributed by atoms with E-state index in [1.165, 1.54) is 18.4 Å². The molecule has 1 atom stereocenters. The fourth-order valence-electron chi connectivity index (χ4n) is 2.54. The number of nitrogens with two attached hydrogens (primary N) is 1. The van der Waals surface area contributed by atoms with E-state index in [4.69, 9.17) is 10.5 Å². The summed E-state index contributed by atoms with van der Waals surface area (Å²) >= 11 is 0. The lowest BCUT2D eigenvalue weighted by atomic mass is 10.1. The second-order valence-electron chi connectivity index (χ2n) is 5.75. The third kappa shape index (κ3) is 5.14. The predicted octanol–water partition coefficient (Wildman–Crippen LogP) is 3.59. The van der Waals surface area contributed by atoms with Crippen molar-refractivity contribution in [1.82, 2.24) is 4.90 Å². The van der Waals surface area contributed by atoms with Gasteiger partial charge in [0, 0.05) is 18.6 Å². The molecule has 2 N–H and O–H groups in total. The smallest absolute Gasteiger partial charge is 0.119 e. The number of rotatable bonds is 8. The van der Waals surface area contributed by atoms with E-state index < -0.39 is 0 Å². The Labute approximate surface area is 124 Å². The molecule has 0 heterocycles. The van der Waals surface area contributed by atoms with Crippen LogP contribution in [0.4, 0.5) is 0 Å². The molecule has 0 saturated heterocycles. The van der Waals surface area contributed by atoms with Crippen molar-refractivity contribution in [2.75, 3.05) is 13.6 Å². The van der Waals surface area contributed by atoms with Gasteiger partial charge < -0.3 is 15.4 Å². The van der Waals surface area contributed by atoms with Crippen LogP contribution in [0.2, 0.25) is 0 Å². The van der Waals surface area contributed by atoms with Crippen molar-refractivity contribution in [1.29, 1.82) is 0 Å². The summed E-state index contributed by atoms with van der Waals surface area (Å²) in [6.07, 6.45) is 2.54. The van der Waals surface area contributed by atoms with Gasteiger partial charge in [-0.05, 0) is 51.4 Å². The average molecular weight is 278 g/mol. The molecule has 1 aromatic carbocycles. The first-order valence-electron chi connectivity index (χ1n) is 7.70. The van der Waals surface area contributed by atoms with Crippen molar-refractivity contribution < 1.29 is 4.74 Å². The molecule has 1 rings (SSSR count). The summed E-state index contributed by atoms with van der Waals surface area (Å²) in [6, 6.07) is 8.82. The quantitative estimate of drug-likeness (QED) is 0.789. The average Bonchev–Trinajstić information content (AvgIpc) is 2.40. The van der Waals surface area contributed by atoms with Gasteiger partial charge >= 0.3 is 0 Å². The number of benzene rings is 1. The van der Waals surface area contributed by atoms with Crippen molar-refractivity contribution in [3.63, 3.8) is 0 Å². The molecule has 1 aromatic rings. The molecule has 20 heavy (non-hydrogen) atoms. The first-order valence-corrected chi connectivity index (χ1v) is 7.70. The normalized spacial score (nSPS) is 13.2. The van der Waals surface area contributed by atoms with Gasteiger partial charge in [-0.15, -0.1) is 0 Å². The lowest BCUT2D eigenvalue weighted by Crippen LogP contribution is -2.36. The highest BCUT2D eigenvalue weighted by Crippen LogP contribution is 2.19. The zero-order valence-corrected chi connectivity index (χ0v) is 13.6. The van der Waals surface area contributed by atoms with E-state index in [0.717, 1.165) is 12.3 Å². The number of hydrogen-bond acceptors (Lipinski definition) is 3. The van der Waals surface area contributed by atoms with Gasteiger partial charge in [0.25, 0.3) is 0 Å². The maximum atomic E-state index is 6.31. The molecule has 114 valence electrons. The van der Waals surface area contributed by atoms with Crippen LogP contribution in [-0.2, 0) is 0 Å². The highest BCUT2D eigenvalue weighted by atomic mass is 16.5. The van der Waals surface area contributed by atoms with Gasteiger partial charge in [0.05, 0.1) is 6.10 Å². The molecule has 3 heteroatoms. The van der Waals surface area contributed by atoms with E-state index in [0.29, 0.717) is 6.04 Å². The number of nitrogens with zero attached hydrogens (tertiary/aromatic N) is 1. The van der Waals surface area contributed by atoms with Crippen molar-refractivity contribution in [2.45, 2.75) is 58.7 Å². The predicted molar refractivity (Wildman–Crippen MR) is 86.1 cm³/mol.